The second kappa shape index (κ2) is 3.24. The van der Waals surface area contributed by atoms with Gasteiger partial charge in [0.15, 0.2) is 0 Å². The first-order chi connectivity index (χ1) is 7.68. The average molecular weight is 216 g/mol. The fourth-order valence-corrected chi connectivity index (χ4v) is 2.77. The third-order valence-electron chi connectivity index (χ3n) is 3.75. The second-order valence-corrected chi connectivity index (χ2v) is 4.85. The molecule has 3 nitrogen and oxygen atoms in total. The van der Waals surface area contributed by atoms with Crippen LogP contribution in [0.25, 0.3) is 0 Å². The molecule has 2 aliphatic rings. The predicted octanol–water partition coefficient (Wildman–Crippen LogP) is 2.23. The highest BCUT2D eigenvalue weighted by Gasteiger charge is 2.39. The van der Waals surface area contributed by atoms with Crippen LogP contribution < -0.4 is 5.32 Å². The lowest BCUT2D eigenvalue weighted by Crippen LogP contribution is -2.46. The van der Waals surface area contributed by atoms with E-state index < -0.39 is 0 Å². The molecular weight excluding hydrogens is 200 g/mol. The summed E-state index contributed by atoms with van der Waals surface area (Å²) in [5.41, 5.74) is 2.92. The molecule has 0 spiro atoms. The van der Waals surface area contributed by atoms with Crippen LogP contribution in [-0.4, -0.2) is 23.5 Å². The van der Waals surface area contributed by atoms with E-state index in [1.165, 1.54) is 0 Å². The molecule has 1 fully saturated rings. The molecule has 0 radical (unpaired) electrons. The molecule has 1 saturated heterocycles. The first kappa shape index (κ1) is 9.70. The zero-order valence-corrected chi connectivity index (χ0v) is 9.66. The normalized spacial score (nSPS) is 27.4. The van der Waals surface area contributed by atoms with Gasteiger partial charge in [-0.25, -0.2) is 0 Å². The van der Waals surface area contributed by atoms with Crippen LogP contribution in [0.2, 0.25) is 0 Å². The Kier molecular flexibility index (Phi) is 1.96. The third kappa shape index (κ3) is 1.17. The summed E-state index contributed by atoms with van der Waals surface area (Å²) in [6.45, 7) is 5.08. The van der Waals surface area contributed by atoms with Crippen molar-refractivity contribution < 1.29 is 4.79 Å². The van der Waals surface area contributed by atoms with Gasteiger partial charge < -0.3 is 10.2 Å². The maximum Gasteiger partial charge on any atom is 0.257 e. The van der Waals surface area contributed by atoms with Gasteiger partial charge in [0.2, 0.25) is 0 Å². The van der Waals surface area contributed by atoms with E-state index in [1.54, 1.807) is 0 Å². The fourth-order valence-electron chi connectivity index (χ4n) is 2.77. The van der Waals surface area contributed by atoms with Crippen molar-refractivity contribution in [2.75, 3.05) is 11.9 Å². The molecule has 2 aliphatic heterocycles. The average Bonchev–Trinajstić information content (AvgIpc) is 2.61. The molecule has 1 N–H and O–H groups in total. The maximum atomic E-state index is 12.4. The molecule has 84 valence electrons. The summed E-state index contributed by atoms with van der Waals surface area (Å²) < 4.78 is 0. The molecule has 2 unspecified atom stereocenters. The van der Waals surface area contributed by atoms with Crippen LogP contribution in [0.3, 0.4) is 0 Å². The number of hydrogen-bond donors (Lipinski definition) is 1. The summed E-state index contributed by atoms with van der Waals surface area (Å²) >= 11 is 0. The zero-order chi connectivity index (χ0) is 11.3. The van der Waals surface area contributed by atoms with E-state index in [2.05, 4.69) is 12.2 Å². The Morgan fingerprint density at radius 1 is 1.44 bits per heavy atom. The van der Waals surface area contributed by atoms with Crippen molar-refractivity contribution in [2.45, 2.75) is 26.4 Å². The van der Waals surface area contributed by atoms with E-state index in [1.807, 2.05) is 30.0 Å². The molecule has 0 bridgehead atoms. The van der Waals surface area contributed by atoms with Gasteiger partial charge in [0.1, 0.15) is 6.17 Å². The van der Waals surface area contributed by atoms with Crippen LogP contribution in [0.4, 0.5) is 5.69 Å². The van der Waals surface area contributed by atoms with Gasteiger partial charge >= 0.3 is 0 Å². The number of fused-ring (bicyclic) bond motifs is 2. The number of nitrogens with one attached hydrogen (secondary N) is 1. The van der Waals surface area contributed by atoms with Crippen LogP contribution in [0.15, 0.2) is 18.2 Å². The molecule has 2 atom stereocenters. The highest BCUT2D eigenvalue weighted by atomic mass is 16.2. The molecule has 1 aromatic carbocycles. The number of hydrogen-bond acceptors (Lipinski definition) is 2. The molecular formula is C13H16N2O. The Morgan fingerprint density at radius 3 is 3.06 bits per heavy atom. The highest BCUT2D eigenvalue weighted by molar-refractivity contribution is 6.03. The van der Waals surface area contributed by atoms with E-state index in [4.69, 9.17) is 0 Å². The summed E-state index contributed by atoms with van der Waals surface area (Å²) in [5, 5.41) is 3.49. The van der Waals surface area contributed by atoms with Crippen molar-refractivity contribution in [3.8, 4) is 0 Å². The Balaban J connectivity index is 2.10. The number of carbonyl (C=O) groups is 1. The van der Waals surface area contributed by atoms with Crippen LogP contribution in [0.5, 0.6) is 0 Å². The number of anilines is 1. The van der Waals surface area contributed by atoms with Gasteiger partial charge in [0, 0.05) is 12.2 Å². The first-order valence-corrected chi connectivity index (χ1v) is 5.85. The predicted molar refractivity (Wildman–Crippen MR) is 63.4 cm³/mol. The molecule has 16 heavy (non-hydrogen) atoms. The quantitative estimate of drug-likeness (QED) is 0.721. The molecule has 2 heterocycles. The number of amides is 1. The van der Waals surface area contributed by atoms with Gasteiger partial charge in [-0.3, -0.25) is 4.79 Å². The van der Waals surface area contributed by atoms with Crippen molar-refractivity contribution in [1.29, 1.82) is 0 Å². The van der Waals surface area contributed by atoms with E-state index in [-0.39, 0.29) is 12.1 Å². The number of nitrogens with zero attached hydrogens (tertiary/aromatic N) is 1. The molecule has 0 aliphatic carbocycles. The van der Waals surface area contributed by atoms with E-state index in [0.29, 0.717) is 5.92 Å². The topological polar surface area (TPSA) is 32.3 Å². The summed E-state index contributed by atoms with van der Waals surface area (Å²) in [5.74, 6) is 0.735. The Hall–Kier alpha value is -1.51. The minimum atomic E-state index is 0.196. The number of rotatable bonds is 0. The van der Waals surface area contributed by atoms with Crippen molar-refractivity contribution >= 4 is 11.6 Å². The Morgan fingerprint density at radius 2 is 2.25 bits per heavy atom. The fraction of sp³-hybridized carbons (Fsp3) is 0.462. The van der Waals surface area contributed by atoms with Gasteiger partial charge in [0.05, 0.1) is 5.56 Å². The second-order valence-electron chi connectivity index (χ2n) is 4.85. The highest BCUT2D eigenvalue weighted by Crippen LogP contribution is 2.34. The molecule has 1 aromatic rings. The molecule has 3 heteroatoms. The van der Waals surface area contributed by atoms with E-state index in [9.17, 15) is 4.79 Å². The van der Waals surface area contributed by atoms with Crippen molar-refractivity contribution in [3.05, 3.63) is 29.3 Å². The van der Waals surface area contributed by atoms with Crippen molar-refractivity contribution in [1.82, 2.24) is 4.90 Å². The van der Waals surface area contributed by atoms with Crippen molar-refractivity contribution in [3.63, 3.8) is 0 Å². The Labute approximate surface area is 95.4 Å². The monoisotopic (exact) mass is 216 g/mol. The zero-order valence-electron chi connectivity index (χ0n) is 9.66. The van der Waals surface area contributed by atoms with Crippen LogP contribution >= 0.6 is 0 Å². The van der Waals surface area contributed by atoms with Gasteiger partial charge in [-0.2, -0.15) is 0 Å². The van der Waals surface area contributed by atoms with Crippen LogP contribution in [0, 0.1) is 12.8 Å². The Bertz CT molecular complexity index is 455. The smallest absolute Gasteiger partial charge is 0.257 e. The van der Waals surface area contributed by atoms with E-state index >= 15 is 0 Å². The molecule has 3 rings (SSSR count). The summed E-state index contributed by atoms with van der Waals surface area (Å²) in [6, 6.07) is 6.00. The largest absolute Gasteiger partial charge is 0.364 e. The molecule has 1 amide bonds. The van der Waals surface area contributed by atoms with Gasteiger partial charge in [-0.15, -0.1) is 0 Å². The van der Waals surface area contributed by atoms with Crippen LogP contribution in [-0.2, 0) is 0 Å². The number of aryl methyl sites for hydroxylation is 1. The molecule has 0 aromatic heterocycles. The SMILES string of the molecule is Cc1cccc2c1C(=O)N1CCC(C)C1N2. The maximum absolute atomic E-state index is 12.4. The van der Waals surface area contributed by atoms with Crippen LogP contribution in [0.1, 0.15) is 29.3 Å². The minimum Gasteiger partial charge on any atom is -0.364 e. The standard InChI is InChI=1S/C13H16N2O/c1-8-4-3-5-10-11(8)13(16)15-7-6-9(2)12(15)14-10/h3-5,9,12,14H,6-7H2,1-2H3. The third-order valence-corrected chi connectivity index (χ3v) is 3.75. The van der Waals surface area contributed by atoms with E-state index in [0.717, 1.165) is 29.8 Å². The lowest BCUT2D eigenvalue weighted by atomic mass is 10.0. The summed E-state index contributed by atoms with van der Waals surface area (Å²) in [7, 11) is 0. The van der Waals surface area contributed by atoms with Gasteiger partial charge in [0.25, 0.3) is 5.91 Å². The summed E-state index contributed by atoms with van der Waals surface area (Å²) in [4.78, 5) is 14.3. The first-order valence-electron chi connectivity index (χ1n) is 5.85. The van der Waals surface area contributed by atoms with Gasteiger partial charge in [-0.1, -0.05) is 19.1 Å². The summed E-state index contributed by atoms with van der Waals surface area (Å²) in [6.07, 6.45) is 1.29. The number of carbonyl (C=O) groups excluding carboxylic acids is 1. The minimum absolute atomic E-state index is 0.196. The van der Waals surface area contributed by atoms with Gasteiger partial charge in [-0.05, 0) is 30.9 Å². The van der Waals surface area contributed by atoms with Crippen molar-refractivity contribution in [2.24, 2.45) is 5.92 Å². The molecule has 0 saturated carbocycles. The lowest BCUT2D eigenvalue weighted by molar-refractivity contribution is 0.0727. The lowest BCUT2D eigenvalue weighted by Gasteiger charge is -2.35. The number of benzene rings is 1.